The minimum absolute atomic E-state index is 0.0178. The molecular formula is C19H26N2O2. The molecule has 0 spiro atoms. The highest BCUT2D eigenvalue weighted by atomic mass is 16.2. The van der Waals surface area contributed by atoms with Crippen LogP contribution in [0.2, 0.25) is 0 Å². The molecule has 0 heterocycles. The summed E-state index contributed by atoms with van der Waals surface area (Å²) in [6.45, 7) is 5.64. The maximum absolute atomic E-state index is 12.1. The SMILES string of the molecule is CCCCN(CC)C(=O)C=Cc1ccc(C(=O)NC2CC2)cc1. The third-order valence-corrected chi connectivity index (χ3v) is 3.98. The summed E-state index contributed by atoms with van der Waals surface area (Å²) >= 11 is 0. The second kappa shape index (κ2) is 8.51. The van der Waals surface area contributed by atoms with E-state index in [2.05, 4.69) is 12.2 Å². The summed E-state index contributed by atoms with van der Waals surface area (Å²) in [5.41, 5.74) is 1.59. The van der Waals surface area contributed by atoms with E-state index >= 15 is 0 Å². The smallest absolute Gasteiger partial charge is 0.251 e. The average Bonchev–Trinajstić information content (AvgIpc) is 3.38. The van der Waals surface area contributed by atoms with Crippen LogP contribution in [0.15, 0.2) is 30.3 Å². The van der Waals surface area contributed by atoms with E-state index in [-0.39, 0.29) is 11.8 Å². The predicted molar refractivity (Wildman–Crippen MR) is 93.1 cm³/mol. The lowest BCUT2D eigenvalue weighted by molar-refractivity contribution is -0.125. The highest BCUT2D eigenvalue weighted by Gasteiger charge is 2.23. The van der Waals surface area contributed by atoms with Crippen molar-refractivity contribution < 1.29 is 9.59 Å². The lowest BCUT2D eigenvalue weighted by Gasteiger charge is -2.18. The number of nitrogens with zero attached hydrogens (tertiary/aromatic N) is 1. The lowest BCUT2D eigenvalue weighted by atomic mass is 10.1. The first-order chi connectivity index (χ1) is 11.1. The van der Waals surface area contributed by atoms with Gasteiger partial charge in [-0.05, 0) is 50.0 Å². The molecule has 4 nitrogen and oxygen atoms in total. The summed E-state index contributed by atoms with van der Waals surface area (Å²) in [6, 6.07) is 7.71. The van der Waals surface area contributed by atoms with Crippen molar-refractivity contribution in [1.82, 2.24) is 10.2 Å². The molecule has 4 heteroatoms. The second-order valence-electron chi connectivity index (χ2n) is 5.97. The zero-order chi connectivity index (χ0) is 16.7. The molecule has 0 atom stereocenters. The Kier molecular flexibility index (Phi) is 6.39. The van der Waals surface area contributed by atoms with Crippen LogP contribution in [0, 0.1) is 0 Å². The maximum atomic E-state index is 12.1. The number of carbonyl (C=O) groups is 2. The highest BCUT2D eigenvalue weighted by molar-refractivity contribution is 5.95. The van der Waals surface area contributed by atoms with Gasteiger partial charge in [-0.2, -0.15) is 0 Å². The van der Waals surface area contributed by atoms with Crippen molar-refractivity contribution in [2.45, 2.75) is 45.6 Å². The number of carbonyl (C=O) groups excluding carboxylic acids is 2. The number of hydrogen-bond donors (Lipinski definition) is 1. The van der Waals surface area contributed by atoms with Crippen molar-refractivity contribution in [3.05, 3.63) is 41.5 Å². The van der Waals surface area contributed by atoms with Gasteiger partial charge in [0.15, 0.2) is 0 Å². The molecule has 2 amide bonds. The van der Waals surface area contributed by atoms with Crippen molar-refractivity contribution in [2.24, 2.45) is 0 Å². The summed E-state index contributed by atoms with van der Waals surface area (Å²) < 4.78 is 0. The fraction of sp³-hybridized carbons (Fsp3) is 0.474. The van der Waals surface area contributed by atoms with Gasteiger partial charge < -0.3 is 10.2 Å². The van der Waals surface area contributed by atoms with Crippen molar-refractivity contribution in [3.63, 3.8) is 0 Å². The van der Waals surface area contributed by atoms with Gasteiger partial charge in [0, 0.05) is 30.8 Å². The molecule has 0 radical (unpaired) electrons. The maximum Gasteiger partial charge on any atom is 0.251 e. The number of unbranched alkanes of at least 4 members (excludes halogenated alkanes) is 1. The summed E-state index contributed by atoms with van der Waals surface area (Å²) in [5.74, 6) is 0.0207. The number of likely N-dealkylation sites (N-methyl/N-ethyl adjacent to an activating group) is 1. The molecule has 0 aliphatic heterocycles. The molecule has 1 aliphatic carbocycles. The number of hydrogen-bond acceptors (Lipinski definition) is 2. The Labute approximate surface area is 138 Å². The van der Waals surface area contributed by atoms with Gasteiger partial charge >= 0.3 is 0 Å². The fourth-order valence-electron chi connectivity index (χ4n) is 2.29. The van der Waals surface area contributed by atoms with Crippen LogP contribution in [0.5, 0.6) is 0 Å². The van der Waals surface area contributed by atoms with Gasteiger partial charge in [0.25, 0.3) is 5.91 Å². The summed E-state index contributed by atoms with van der Waals surface area (Å²) in [5, 5.41) is 2.96. The van der Waals surface area contributed by atoms with Crippen molar-refractivity contribution >= 4 is 17.9 Å². The average molecular weight is 314 g/mol. The minimum Gasteiger partial charge on any atom is -0.349 e. The molecule has 0 aromatic heterocycles. The van der Waals surface area contributed by atoms with Gasteiger partial charge in [-0.15, -0.1) is 0 Å². The van der Waals surface area contributed by atoms with Crippen LogP contribution in [0.1, 0.15) is 55.5 Å². The molecule has 124 valence electrons. The molecule has 1 aromatic carbocycles. The van der Waals surface area contributed by atoms with E-state index in [0.29, 0.717) is 11.6 Å². The zero-order valence-corrected chi connectivity index (χ0v) is 14.0. The molecular weight excluding hydrogens is 288 g/mol. The molecule has 1 N–H and O–H groups in total. The third kappa shape index (κ3) is 5.55. The highest BCUT2D eigenvalue weighted by Crippen LogP contribution is 2.19. The van der Waals surface area contributed by atoms with Gasteiger partial charge in [0.1, 0.15) is 0 Å². The van der Waals surface area contributed by atoms with E-state index in [1.807, 2.05) is 24.0 Å². The molecule has 1 fully saturated rings. The van der Waals surface area contributed by atoms with E-state index in [0.717, 1.165) is 44.3 Å². The third-order valence-electron chi connectivity index (χ3n) is 3.98. The Morgan fingerprint density at radius 2 is 1.91 bits per heavy atom. The molecule has 0 saturated heterocycles. The normalized spacial score (nSPS) is 14.0. The Morgan fingerprint density at radius 3 is 2.48 bits per heavy atom. The van der Waals surface area contributed by atoms with Gasteiger partial charge in [0.2, 0.25) is 5.91 Å². The Morgan fingerprint density at radius 1 is 1.22 bits per heavy atom. The van der Waals surface area contributed by atoms with Crippen molar-refractivity contribution in [1.29, 1.82) is 0 Å². The predicted octanol–water partition coefficient (Wildman–Crippen LogP) is 3.24. The quantitative estimate of drug-likeness (QED) is 0.749. The number of rotatable bonds is 8. The Hall–Kier alpha value is -2.10. The van der Waals surface area contributed by atoms with E-state index < -0.39 is 0 Å². The molecule has 23 heavy (non-hydrogen) atoms. The standard InChI is InChI=1S/C19H26N2O2/c1-3-5-14-21(4-2)18(22)13-8-15-6-9-16(10-7-15)19(23)20-17-11-12-17/h6-10,13,17H,3-5,11-12,14H2,1-2H3,(H,20,23). The Bertz CT molecular complexity index is 559. The summed E-state index contributed by atoms with van der Waals surface area (Å²) in [7, 11) is 0. The molecule has 1 aliphatic rings. The number of benzene rings is 1. The molecule has 2 rings (SSSR count). The second-order valence-corrected chi connectivity index (χ2v) is 5.97. The molecule has 1 aromatic rings. The molecule has 1 saturated carbocycles. The van der Waals surface area contributed by atoms with Gasteiger partial charge in [-0.3, -0.25) is 9.59 Å². The molecule has 0 unspecified atom stereocenters. The van der Waals surface area contributed by atoms with Crippen molar-refractivity contribution in [2.75, 3.05) is 13.1 Å². The van der Waals surface area contributed by atoms with Crippen LogP contribution in [-0.2, 0) is 4.79 Å². The number of nitrogens with one attached hydrogen (secondary N) is 1. The lowest BCUT2D eigenvalue weighted by Crippen LogP contribution is -2.30. The summed E-state index contributed by atoms with van der Waals surface area (Å²) in [4.78, 5) is 25.9. The van der Waals surface area contributed by atoms with Crippen LogP contribution in [0.3, 0.4) is 0 Å². The van der Waals surface area contributed by atoms with Crippen LogP contribution in [0.25, 0.3) is 6.08 Å². The van der Waals surface area contributed by atoms with Gasteiger partial charge in [0.05, 0.1) is 0 Å². The van der Waals surface area contributed by atoms with E-state index in [9.17, 15) is 9.59 Å². The van der Waals surface area contributed by atoms with Crippen LogP contribution >= 0.6 is 0 Å². The van der Waals surface area contributed by atoms with E-state index in [1.54, 1.807) is 24.3 Å². The number of amides is 2. The van der Waals surface area contributed by atoms with Crippen LogP contribution in [0.4, 0.5) is 0 Å². The molecule has 0 bridgehead atoms. The fourth-order valence-corrected chi connectivity index (χ4v) is 2.29. The van der Waals surface area contributed by atoms with Gasteiger partial charge in [-0.1, -0.05) is 25.5 Å². The first kappa shape index (κ1) is 17.3. The topological polar surface area (TPSA) is 49.4 Å². The minimum atomic E-state index is -0.0178. The van der Waals surface area contributed by atoms with Crippen LogP contribution in [-0.4, -0.2) is 35.8 Å². The van der Waals surface area contributed by atoms with Gasteiger partial charge in [-0.25, -0.2) is 0 Å². The zero-order valence-electron chi connectivity index (χ0n) is 14.0. The first-order valence-corrected chi connectivity index (χ1v) is 8.52. The largest absolute Gasteiger partial charge is 0.349 e. The van der Waals surface area contributed by atoms with Crippen molar-refractivity contribution in [3.8, 4) is 0 Å². The first-order valence-electron chi connectivity index (χ1n) is 8.52. The van der Waals surface area contributed by atoms with E-state index in [4.69, 9.17) is 0 Å². The summed E-state index contributed by atoms with van der Waals surface area (Å²) in [6.07, 6.45) is 7.69. The Balaban J connectivity index is 1.90. The van der Waals surface area contributed by atoms with E-state index in [1.165, 1.54) is 0 Å². The monoisotopic (exact) mass is 314 g/mol. The van der Waals surface area contributed by atoms with Crippen LogP contribution < -0.4 is 5.32 Å².